The van der Waals surface area contributed by atoms with Crippen LogP contribution in [0.4, 0.5) is 0 Å². The monoisotopic (exact) mass is 190 g/mol. The number of halogens is 1. The van der Waals surface area contributed by atoms with Gasteiger partial charge in [-0.25, -0.2) is 0 Å². The number of alkyl halides is 1. The third-order valence-electron chi connectivity index (χ3n) is 0.602. The molecule has 0 rings (SSSR count). The molecule has 1 heteroatoms. The van der Waals surface area contributed by atoms with E-state index in [-0.39, 0.29) is 0 Å². The summed E-state index contributed by atoms with van der Waals surface area (Å²) < 4.78 is 0. The van der Waals surface area contributed by atoms with Crippen LogP contribution in [0.5, 0.6) is 0 Å². The Balaban J connectivity index is 0. The van der Waals surface area contributed by atoms with E-state index < -0.39 is 0 Å². The molecule has 0 aliphatic rings. The zero-order chi connectivity index (χ0) is 7.54. The summed E-state index contributed by atoms with van der Waals surface area (Å²) >= 11 is 3.24. The molecule has 0 bridgehead atoms. The Bertz CT molecular complexity index is 57.6. The van der Waals surface area contributed by atoms with Crippen molar-refractivity contribution in [2.75, 3.05) is 5.33 Å². The van der Waals surface area contributed by atoms with Crippen molar-refractivity contribution in [2.24, 2.45) is 0 Å². The van der Waals surface area contributed by atoms with Gasteiger partial charge in [-0.2, -0.15) is 0 Å². The normalized spacial score (nSPS) is 6.89. The van der Waals surface area contributed by atoms with Crippen LogP contribution in [-0.4, -0.2) is 5.33 Å². The minimum absolute atomic E-state index is 1.04. The first-order valence-corrected chi connectivity index (χ1v) is 4.23. The van der Waals surface area contributed by atoms with E-state index in [9.17, 15) is 0 Å². The van der Waals surface area contributed by atoms with Crippen molar-refractivity contribution in [2.45, 2.75) is 19.8 Å². The Labute approximate surface area is 66.8 Å². The average Bonchev–Trinajstić information content (AvgIpc) is 1.91. The van der Waals surface area contributed by atoms with Crippen LogP contribution in [0, 0.1) is 0 Å². The van der Waals surface area contributed by atoms with E-state index in [0.29, 0.717) is 0 Å². The molecule has 0 unspecified atom stereocenters. The maximum atomic E-state index is 3.52. The highest BCUT2D eigenvalue weighted by atomic mass is 79.9. The largest absolute Gasteiger partial charge is 0.103 e. The molecule has 0 aromatic rings. The van der Waals surface area contributed by atoms with Gasteiger partial charge in [-0.1, -0.05) is 35.0 Å². The van der Waals surface area contributed by atoms with Gasteiger partial charge in [0.2, 0.25) is 0 Å². The lowest BCUT2D eigenvalue weighted by Gasteiger charge is -1.71. The summed E-state index contributed by atoms with van der Waals surface area (Å²) in [6, 6.07) is 0. The highest BCUT2D eigenvalue weighted by Crippen LogP contribution is 1.84. The molecule has 0 heterocycles. The van der Waals surface area contributed by atoms with E-state index in [1.54, 1.807) is 0 Å². The lowest BCUT2D eigenvalue weighted by Crippen LogP contribution is -1.58. The molecule has 0 fully saturated rings. The van der Waals surface area contributed by atoms with Crippen molar-refractivity contribution in [1.29, 1.82) is 0 Å². The fraction of sp³-hybridized carbons (Fsp3) is 0.500. The molecule has 0 aromatic heterocycles. The summed E-state index contributed by atoms with van der Waals surface area (Å²) in [4.78, 5) is 0. The number of hydrogen-bond donors (Lipinski definition) is 0. The number of hydrogen-bond acceptors (Lipinski definition) is 0. The Morgan fingerprint density at radius 1 is 1.33 bits per heavy atom. The van der Waals surface area contributed by atoms with Crippen molar-refractivity contribution in [3.63, 3.8) is 0 Å². The van der Waals surface area contributed by atoms with E-state index in [0.717, 1.165) is 18.2 Å². The highest BCUT2D eigenvalue weighted by Gasteiger charge is 1.63. The molecule has 0 atom stereocenters. The first-order valence-electron chi connectivity index (χ1n) is 3.11. The van der Waals surface area contributed by atoms with Gasteiger partial charge >= 0.3 is 0 Å². The second kappa shape index (κ2) is 15.7. The van der Waals surface area contributed by atoms with Gasteiger partial charge in [0.05, 0.1) is 0 Å². The van der Waals surface area contributed by atoms with E-state index in [1.165, 1.54) is 0 Å². The molecule has 0 nitrogen and oxygen atoms in total. The van der Waals surface area contributed by atoms with Gasteiger partial charge in [0.15, 0.2) is 0 Å². The fourth-order valence-corrected chi connectivity index (χ4v) is 0.401. The standard InChI is InChI=1S/C4H7Br.C4H8/c1-2-3-4-5;1-3-4-2/h2H,1,3-4H2;3H,1,4H2,2H3. The van der Waals surface area contributed by atoms with Gasteiger partial charge < -0.3 is 0 Å². The van der Waals surface area contributed by atoms with Crippen molar-refractivity contribution >= 4 is 15.9 Å². The summed E-state index contributed by atoms with van der Waals surface area (Å²) in [5, 5.41) is 1.04. The first kappa shape index (κ1) is 11.7. The van der Waals surface area contributed by atoms with Crippen LogP contribution in [0.1, 0.15) is 19.8 Å². The SMILES string of the molecule is C=CCC.C=CCCBr. The van der Waals surface area contributed by atoms with Crippen LogP contribution >= 0.6 is 15.9 Å². The smallest absolute Gasteiger partial charge is 0.00658 e. The average molecular weight is 191 g/mol. The second-order valence-electron chi connectivity index (χ2n) is 1.46. The molecule has 0 spiro atoms. The minimum Gasteiger partial charge on any atom is -0.103 e. The molecular formula is C8H15Br. The van der Waals surface area contributed by atoms with Crippen LogP contribution in [0.3, 0.4) is 0 Å². The van der Waals surface area contributed by atoms with Gasteiger partial charge in [-0.05, 0) is 12.8 Å². The molecule has 0 amide bonds. The highest BCUT2D eigenvalue weighted by molar-refractivity contribution is 9.09. The Morgan fingerprint density at radius 3 is 1.78 bits per heavy atom. The molecule has 9 heavy (non-hydrogen) atoms. The predicted molar refractivity (Wildman–Crippen MR) is 49.1 cm³/mol. The molecule has 0 radical (unpaired) electrons. The van der Waals surface area contributed by atoms with Crippen molar-refractivity contribution in [3.05, 3.63) is 25.3 Å². The third-order valence-corrected chi connectivity index (χ3v) is 1.06. The zero-order valence-electron chi connectivity index (χ0n) is 6.07. The summed E-state index contributed by atoms with van der Waals surface area (Å²) in [6.07, 6.45) is 5.91. The van der Waals surface area contributed by atoms with Gasteiger partial charge in [-0.15, -0.1) is 13.2 Å². The van der Waals surface area contributed by atoms with E-state index in [1.807, 2.05) is 12.2 Å². The second-order valence-corrected chi connectivity index (χ2v) is 2.26. The summed E-state index contributed by atoms with van der Waals surface area (Å²) in [6.45, 7) is 9.06. The number of allylic oxidation sites excluding steroid dienone is 2. The lowest BCUT2D eigenvalue weighted by atomic mass is 10.5. The topological polar surface area (TPSA) is 0 Å². The van der Waals surface area contributed by atoms with Crippen molar-refractivity contribution in [1.82, 2.24) is 0 Å². The van der Waals surface area contributed by atoms with Gasteiger partial charge in [0.25, 0.3) is 0 Å². The minimum atomic E-state index is 1.04. The van der Waals surface area contributed by atoms with Gasteiger partial charge in [-0.3, -0.25) is 0 Å². The quantitative estimate of drug-likeness (QED) is 0.472. The molecular weight excluding hydrogens is 176 g/mol. The molecule has 0 saturated heterocycles. The molecule has 0 N–H and O–H groups in total. The predicted octanol–water partition coefficient (Wildman–Crippen LogP) is 3.54. The van der Waals surface area contributed by atoms with E-state index >= 15 is 0 Å². The molecule has 54 valence electrons. The Hall–Kier alpha value is -0.0400. The lowest BCUT2D eigenvalue weighted by molar-refractivity contribution is 1.23. The van der Waals surface area contributed by atoms with Crippen molar-refractivity contribution < 1.29 is 0 Å². The van der Waals surface area contributed by atoms with Crippen LogP contribution in [0.25, 0.3) is 0 Å². The van der Waals surface area contributed by atoms with Crippen LogP contribution < -0.4 is 0 Å². The maximum absolute atomic E-state index is 3.52. The van der Waals surface area contributed by atoms with Crippen LogP contribution in [0.2, 0.25) is 0 Å². The Morgan fingerprint density at radius 2 is 1.78 bits per heavy atom. The molecule has 0 aromatic carbocycles. The number of rotatable bonds is 3. The molecule has 0 saturated carbocycles. The van der Waals surface area contributed by atoms with Gasteiger partial charge in [0, 0.05) is 5.33 Å². The maximum Gasteiger partial charge on any atom is 0.00658 e. The molecule has 0 aliphatic heterocycles. The summed E-state index contributed by atoms with van der Waals surface area (Å²) in [5.41, 5.74) is 0. The van der Waals surface area contributed by atoms with Crippen molar-refractivity contribution in [3.8, 4) is 0 Å². The summed E-state index contributed by atoms with van der Waals surface area (Å²) in [7, 11) is 0. The summed E-state index contributed by atoms with van der Waals surface area (Å²) in [5.74, 6) is 0. The first-order chi connectivity index (χ1) is 4.33. The van der Waals surface area contributed by atoms with Crippen LogP contribution in [-0.2, 0) is 0 Å². The molecule has 0 aliphatic carbocycles. The Kier molecular flexibility index (Phi) is 20.4. The van der Waals surface area contributed by atoms with Crippen LogP contribution in [0.15, 0.2) is 25.3 Å². The van der Waals surface area contributed by atoms with Gasteiger partial charge in [0.1, 0.15) is 0 Å². The zero-order valence-corrected chi connectivity index (χ0v) is 7.65. The van der Waals surface area contributed by atoms with E-state index in [4.69, 9.17) is 0 Å². The fourth-order valence-electron chi connectivity index (χ4n) is 0.0772. The van der Waals surface area contributed by atoms with E-state index in [2.05, 4.69) is 36.0 Å². The third kappa shape index (κ3) is 32.3.